The van der Waals surface area contributed by atoms with Gasteiger partial charge in [0.15, 0.2) is 0 Å². The molecule has 1 heterocycles. The van der Waals surface area contributed by atoms with Crippen LogP contribution in [0.5, 0.6) is 0 Å². The first-order chi connectivity index (χ1) is 7.56. The molecule has 0 saturated carbocycles. The van der Waals surface area contributed by atoms with E-state index in [9.17, 15) is 8.42 Å². The van der Waals surface area contributed by atoms with Crippen molar-refractivity contribution >= 4 is 10.0 Å². The molecule has 0 aromatic rings. The smallest absolute Gasteiger partial charge is 0.294 e. The summed E-state index contributed by atoms with van der Waals surface area (Å²) < 4.78 is 32.7. The lowest BCUT2D eigenvalue weighted by molar-refractivity contribution is 0.167. The first-order valence-electron chi connectivity index (χ1n) is 4.55. The molecule has 16 heavy (non-hydrogen) atoms. The molecule has 0 spiro atoms. The Morgan fingerprint density at radius 1 is 1.50 bits per heavy atom. The van der Waals surface area contributed by atoms with Crippen molar-refractivity contribution in [2.24, 2.45) is 5.92 Å². The van der Waals surface area contributed by atoms with E-state index in [2.05, 4.69) is 0 Å². The van der Waals surface area contributed by atoms with Gasteiger partial charge in [-0.25, -0.2) is 8.42 Å². The lowest BCUT2D eigenvalue weighted by atomic mass is 9.98. The third-order valence-electron chi connectivity index (χ3n) is 2.39. The molecule has 0 amide bonds. The van der Waals surface area contributed by atoms with Gasteiger partial charge in [0, 0.05) is 5.92 Å². The average molecular weight is 245 g/mol. The zero-order valence-corrected chi connectivity index (χ0v) is 9.27. The second-order valence-electron chi connectivity index (χ2n) is 3.37. The summed E-state index contributed by atoms with van der Waals surface area (Å²) in [5.74, 6) is 0.460. The van der Waals surface area contributed by atoms with Gasteiger partial charge in [-0.2, -0.15) is 0 Å². The van der Waals surface area contributed by atoms with E-state index in [0.717, 1.165) is 0 Å². The maximum absolute atomic E-state index is 11.3. The van der Waals surface area contributed by atoms with Gasteiger partial charge in [-0.15, -0.1) is 0 Å². The molecule has 0 aromatic carbocycles. The van der Waals surface area contributed by atoms with Crippen molar-refractivity contribution in [2.75, 3.05) is 7.11 Å². The molecule has 1 aliphatic heterocycles. The van der Waals surface area contributed by atoms with Crippen molar-refractivity contribution in [3.63, 3.8) is 0 Å². The second kappa shape index (κ2) is 3.93. The minimum atomic E-state index is -3.94. The molecular formula is C9H11NO5S. The van der Waals surface area contributed by atoms with Crippen LogP contribution in [0.1, 0.15) is 0 Å². The van der Waals surface area contributed by atoms with Crippen LogP contribution in [0, 0.1) is 5.92 Å². The number of hydrogen-bond acceptors (Lipinski definition) is 5. The van der Waals surface area contributed by atoms with E-state index in [0.29, 0.717) is 5.76 Å². The van der Waals surface area contributed by atoms with Crippen molar-refractivity contribution < 1.29 is 23.1 Å². The monoisotopic (exact) mass is 245 g/mol. The first kappa shape index (κ1) is 11.2. The summed E-state index contributed by atoms with van der Waals surface area (Å²) in [4.78, 5) is 1.22. The lowest BCUT2D eigenvalue weighted by Crippen LogP contribution is -2.23. The van der Waals surface area contributed by atoms with Gasteiger partial charge in [0.2, 0.25) is 5.09 Å². The number of fused-ring (bicyclic) bond motifs is 1. The standard InChI is InChI=1S/C9H11NO5S/c1-14-7-3-2-6-4-9(15-8(6)5-7)16(12,13)10-11/h2-6,8,10-11H,1H3. The maximum Gasteiger partial charge on any atom is 0.294 e. The van der Waals surface area contributed by atoms with Gasteiger partial charge < -0.3 is 14.7 Å². The highest BCUT2D eigenvalue weighted by molar-refractivity contribution is 7.93. The molecule has 0 fully saturated rings. The summed E-state index contributed by atoms with van der Waals surface area (Å²) in [6, 6.07) is 0. The molecule has 0 saturated heterocycles. The maximum atomic E-state index is 11.3. The van der Waals surface area contributed by atoms with E-state index in [1.54, 1.807) is 18.2 Å². The SMILES string of the molecule is COC1=CC2OC(S(=O)(=O)NO)=CC2C=C1. The molecule has 1 aliphatic carbocycles. The van der Waals surface area contributed by atoms with E-state index in [-0.39, 0.29) is 11.0 Å². The molecule has 0 aromatic heterocycles. The van der Waals surface area contributed by atoms with Crippen molar-refractivity contribution in [2.45, 2.75) is 6.10 Å². The number of hydrogen-bond donors (Lipinski definition) is 2. The summed E-state index contributed by atoms with van der Waals surface area (Å²) in [6.07, 6.45) is 6.23. The Hall–Kier alpha value is -1.31. The van der Waals surface area contributed by atoms with E-state index in [1.165, 1.54) is 18.1 Å². The van der Waals surface area contributed by atoms with Gasteiger partial charge in [-0.05, 0) is 18.2 Å². The fourth-order valence-corrected chi connectivity index (χ4v) is 2.24. The molecule has 6 nitrogen and oxygen atoms in total. The molecule has 0 radical (unpaired) electrons. The Balaban J connectivity index is 2.23. The van der Waals surface area contributed by atoms with Crippen LogP contribution in [0.3, 0.4) is 0 Å². The molecule has 2 aliphatic rings. The van der Waals surface area contributed by atoms with E-state index in [4.69, 9.17) is 14.7 Å². The molecule has 88 valence electrons. The number of nitrogens with one attached hydrogen (secondary N) is 1. The van der Waals surface area contributed by atoms with Crippen molar-refractivity contribution in [1.29, 1.82) is 0 Å². The fraction of sp³-hybridized carbons (Fsp3) is 0.333. The summed E-state index contributed by atoms with van der Waals surface area (Å²) in [5.41, 5.74) is 0. The van der Waals surface area contributed by atoms with Gasteiger partial charge >= 0.3 is 0 Å². The lowest BCUT2D eigenvalue weighted by Gasteiger charge is -2.17. The van der Waals surface area contributed by atoms with Gasteiger partial charge in [0.1, 0.15) is 11.9 Å². The van der Waals surface area contributed by atoms with Crippen LogP contribution in [-0.2, 0) is 19.5 Å². The van der Waals surface area contributed by atoms with E-state index in [1.807, 2.05) is 0 Å². The molecule has 2 atom stereocenters. The molecule has 2 rings (SSSR count). The number of rotatable bonds is 3. The normalized spacial score (nSPS) is 27.9. The van der Waals surface area contributed by atoms with Crippen LogP contribution in [0.2, 0.25) is 0 Å². The highest BCUT2D eigenvalue weighted by Gasteiger charge is 2.34. The van der Waals surface area contributed by atoms with Crippen LogP contribution < -0.4 is 4.89 Å². The van der Waals surface area contributed by atoms with Crippen LogP contribution in [0.15, 0.2) is 35.2 Å². The predicted molar refractivity (Wildman–Crippen MR) is 54.5 cm³/mol. The van der Waals surface area contributed by atoms with Gasteiger partial charge in [0.25, 0.3) is 10.0 Å². The zero-order chi connectivity index (χ0) is 11.8. The van der Waals surface area contributed by atoms with Gasteiger partial charge in [-0.1, -0.05) is 11.0 Å². The summed E-state index contributed by atoms with van der Waals surface area (Å²) in [5, 5.41) is 8.19. The largest absolute Gasteiger partial charge is 0.497 e. The van der Waals surface area contributed by atoms with E-state index >= 15 is 0 Å². The zero-order valence-electron chi connectivity index (χ0n) is 8.45. The van der Waals surface area contributed by atoms with Crippen LogP contribution in [0.4, 0.5) is 0 Å². The quantitative estimate of drug-likeness (QED) is 0.696. The Morgan fingerprint density at radius 2 is 2.25 bits per heavy atom. The second-order valence-corrected chi connectivity index (χ2v) is 4.96. The minimum absolute atomic E-state index is 0.156. The number of methoxy groups -OCH3 is 1. The highest BCUT2D eigenvalue weighted by atomic mass is 32.2. The summed E-state index contributed by atoms with van der Waals surface area (Å²) in [6.45, 7) is 0. The van der Waals surface area contributed by atoms with Crippen LogP contribution in [-0.4, -0.2) is 26.8 Å². The Labute approximate surface area is 92.9 Å². The minimum Gasteiger partial charge on any atom is -0.497 e. The first-order valence-corrected chi connectivity index (χ1v) is 6.03. The number of sulfonamides is 1. The highest BCUT2D eigenvalue weighted by Crippen LogP contribution is 2.31. The summed E-state index contributed by atoms with van der Waals surface area (Å²) >= 11 is 0. The fourth-order valence-electron chi connectivity index (χ4n) is 1.57. The van der Waals surface area contributed by atoms with Crippen LogP contribution in [0.25, 0.3) is 0 Å². The van der Waals surface area contributed by atoms with E-state index < -0.39 is 16.1 Å². The molecule has 0 bridgehead atoms. The third kappa shape index (κ3) is 1.84. The van der Waals surface area contributed by atoms with Gasteiger partial charge in [-0.3, -0.25) is 0 Å². The van der Waals surface area contributed by atoms with Crippen molar-refractivity contribution in [3.8, 4) is 0 Å². The topological polar surface area (TPSA) is 84.9 Å². The van der Waals surface area contributed by atoms with Crippen molar-refractivity contribution in [1.82, 2.24) is 4.89 Å². The average Bonchev–Trinajstić information content (AvgIpc) is 2.72. The van der Waals surface area contributed by atoms with Crippen molar-refractivity contribution in [3.05, 3.63) is 35.2 Å². The molecule has 7 heteroatoms. The Kier molecular flexibility index (Phi) is 2.75. The molecule has 2 N–H and O–H groups in total. The Bertz CT molecular complexity index is 476. The third-order valence-corrected chi connectivity index (χ3v) is 3.39. The summed E-state index contributed by atoms with van der Waals surface area (Å²) in [7, 11) is -2.42. The number of allylic oxidation sites excluding steroid dienone is 1. The molecule has 2 unspecified atom stereocenters. The molecular weight excluding hydrogens is 234 g/mol. The van der Waals surface area contributed by atoms with Gasteiger partial charge in [0.05, 0.1) is 7.11 Å². The Morgan fingerprint density at radius 3 is 2.88 bits per heavy atom. The predicted octanol–water partition coefficient (Wildman–Crippen LogP) is 0.251. The number of ether oxygens (including phenoxy) is 2. The van der Waals surface area contributed by atoms with Crippen LogP contribution >= 0.6 is 0 Å².